The molecule has 3 rings (SSSR count). The fourth-order valence-electron chi connectivity index (χ4n) is 2.76. The van der Waals surface area contributed by atoms with Crippen molar-refractivity contribution in [3.8, 4) is 17.2 Å². The highest BCUT2D eigenvalue weighted by Crippen LogP contribution is 2.32. The Morgan fingerprint density at radius 2 is 1.48 bits per heavy atom. The van der Waals surface area contributed by atoms with Gasteiger partial charge >= 0.3 is 0 Å². The Balaban J connectivity index is 1.66. The zero-order chi connectivity index (χ0) is 17.6. The third kappa shape index (κ3) is 4.05. The van der Waals surface area contributed by atoms with E-state index in [1.165, 1.54) is 5.56 Å². The van der Waals surface area contributed by atoms with Gasteiger partial charge in [-0.05, 0) is 52.9 Å². The Morgan fingerprint density at radius 1 is 0.840 bits per heavy atom. The first-order chi connectivity index (χ1) is 12.2. The number of ether oxygens (including phenoxy) is 3. The highest BCUT2D eigenvalue weighted by Gasteiger charge is 2.07. The maximum absolute atomic E-state index is 5.79. The van der Waals surface area contributed by atoms with Crippen LogP contribution in [-0.2, 0) is 0 Å². The predicted octanol–water partition coefficient (Wildman–Crippen LogP) is 5.78. The normalized spacial score (nSPS) is 12.0. The molecule has 0 aliphatic carbocycles. The SMILES string of the molecule is CCC(C)c1ccc(OCOc2cc3ccccc3cc2OC)cc1. The summed E-state index contributed by atoms with van der Waals surface area (Å²) in [4.78, 5) is 0. The standard InChI is InChI=1S/C22H24O3/c1-4-16(2)17-9-11-20(12-10-17)24-15-25-22-14-19-8-6-5-7-18(19)13-21(22)23-3/h5-14,16H,4,15H2,1-3H3. The topological polar surface area (TPSA) is 27.7 Å². The first-order valence-electron chi connectivity index (χ1n) is 8.63. The highest BCUT2D eigenvalue weighted by molar-refractivity contribution is 5.86. The Hall–Kier alpha value is -2.68. The van der Waals surface area contributed by atoms with Crippen molar-refractivity contribution in [3.63, 3.8) is 0 Å². The molecule has 25 heavy (non-hydrogen) atoms. The van der Waals surface area contributed by atoms with Crippen molar-refractivity contribution in [2.24, 2.45) is 0 Å². The lowest BCUT2D eigenvalue weighted by Gasteiger charge is -2.14. The van der Waals surface area contributed by atoms with Crippen LogP contribution < -0.4 is 14.2 Å². The van der Waals surface area contributed by atoms with E-state index in [-0.39, 0.29) is 6.79 Å². The summed E-state index contributed by atoms with van der Waals surface area (Å²) >= 11 is 0. The minimum atomic E-state index is 0.136. The fraction of sp³-hybridized carbons (Fsp3) is 0.273. The molecule has 0 radical (unpaired) electrons. The quantitative estimate of drug-likeness (QED) is 0.512. The second-order valence-electron chi connectivity index (χ2n) is 6.14. The van der Waals surface area contributed by atoms with E-state index in [0.29, 0.717) is 17.4 Å². The first-order valence-corrected chi connectivity index (χ1v) is 8.63. The number of hydrogen-bond donors (Lipinski definition) is 0. The molecule has 0 amide bonds. The summed E-state index contributed by atoms with van der Waals surface area (Å²) in [5.41, 5.74) is 1.33. The Labute approximate surface area is 149 Å². The smallest absolute Gasteiger partial charge is 0.231 e. The minimum absolute atomic E-state index is 0.136. The summed E-state index contributed by atoms with van der Waals surface area (Å²) in [5.74, 6) is 2.74. The molecule has 130 valence electrons. The van der Waals surface area contributed by atoms with Crippen molar-refractivity contribution in [1.82, 2.24) is 0 Å². The molecule has 0 saturated heterocycles. The van der Waals surface area contributed by atoms with Crippen LogP contribution in [0.5, 0.6) is 17.2 Å². The van der Waals surface area contributed by atoms with Gasteiger partial charge in [-0.2, -0.15) is 0 Å². The Morgan fingerprint density at radius 3 is 2.08 bits per heavy atom. The van der Waals surface area contributed by atoms with Crippen molar-refractivity contribution in [2.75, 3.05) is 13.9 Å². The maximum Gasteiger partial charge on any atom is 0.231 e. The highest BCUT2D eigenvalue weighted by atomic mass is 16.7. The summed E-state index contributed by atoms with van der Waals surface area (Å²) in [6.07, 6.45) is 1.13. The van der Waals surface area contributed by atoms with E-state index in [2.05, 4.69) is 38.1 Å². The molecule has 0 bridgehead atoms. The van der Waals surface area contributed by atoms with Crippen molar-refractivity contribution >= 4 is 10.8 Å². The zero-order valence-corrected chi connectivity index (χ0v) is 15.0. The fourth-order valence-corrected chi connectivity index (χ4v) is 2.76. The third-order valence-corrected chi connectivity index (χ3v) is 4.53. The van der Waals surface area contributed by atoms with Crippen molar-refractivity contribution in [2.45, 2.75) is 26.2 Å². The van der Waals surface area contributed by atoms with E-state index in [4.69, 9.17) is 14.2 Å². The van der Waals surface area contributed by atoms with Gasteiger partial charge in [0.05, 0.1) is 7.11 Å². The van der Waals surface area contributed by atoms with Crippen LogP contribution in [0.1, 0.15) is 31.7 Å². The Kier molecular flexibility index (Phi) is 5.44. The third-order valence-electron chi connectivity index (χ3n) is 4.53. The molecule has 3 aromatic rings. The molecule has 0 heterocycles. The molecule has 0 aliphatic rings. The molecule has 0 spiro atoms. The molecule has 0 N–H and O–H groups in total. The summed E-state index contributed by atoms with van der Waals surface area (Å²) in [7, 11) is 1.64. The van der Waals surface area contributed by atoms with Crippen LogP contribution in [0.4, 0.5) is 0 Å². The van der Waals surface area contributed by atoms with Gasteiger partial charge < -0.3 is 14.2 Å². The average molecular weight is 336 g/mol. The summed E-state index contributed by atoms with van der Waals surface area (Å²) in [5, 5.41) is 2.23. The molecule has 3 nitrogen and oxygen atoms in total. The number of benzene rings is 3. The lowest BCUT2D eigenvalue weighted by molar-refractivity contribution is 0.116. The van der Waals surface area contributed by atoms with Crippen molar-refractivity contribution in [1.29, 1.82) is 0 Å². The van der Waals surface area contributed by atoms with Gasteiger partial charge in [0.1, 0.15) is 5.75 Å². The van der Waals surface area contributed by atoms with Crippen LogP contribution in [0.25, 0.3) is 10.8 Å². The van der Waals surface area contributed by atoms with Crippen molar-refractivity contribution in [3.05, 3.63) is 66.2 Å². The van der Waals surface area contributed by atoms with Gasteiger partial charge in [-0.15, -0.1) is 0 Å². The molecule has 3 aromatic carbocycles. The molecular formula is C22H24O3. The van der Waals surface area contributed by atoms with Crippen LogP contribution in [0, 0.1) is 0 Å². The van der Waals surface area contributed by atoms with Gasteiger partial charge in [0.15, 0.2) is 11.5 Å². The van der Waals surface area contributed by atoms with E-state index in [1.807, 2.05) is 36.4 Å². The number of rotatable bonds is 7. The molecule has 0 aromatic heterocycles. The van der Waals surface area contributed by atoms with E-state index in [1.54, 1.807) is 7.11 Å². The molecule has 1 unspecified atom stereocenters. The average Bonchev–Trinajstić information content (AvgIpc) is 2.67. The second-order valence-corrected chi connectivity index (χ2v) is 6.14. The lowest BCUT2D eigenvalue weighted by Crippen LogP contribution is -2.06. The molecular weight excluding hydrogens is 312 g/mol. The van der Waals surface area contributed by atoms with Gasteiger partial charge in [-0.1, -0.05) is 50.2 Å². The summed E-state index contributed by atoms with van der Waals surface area (Å²) in [6.45, 7) is 4.56. The zero-order valence-electron chi connectivity index (χ0n) is 15.0. The van der Waals surface area contributed by atoms with E-state index in [0.717, 1.165) is 22.9 Å². The monoisotopic (exact) mass is 336 g/mol. The van der Waals surface area contributed by atoms with Crippen LogP contribution in [0.15, 0.2) is 60.7 Å². The summed E-state index contributed by atoms with van der Waals surface area (Å²) < 4.78 is 16.9. The number of hydrogen-bond acceptors (Lipinski definition) is 3. The van der Waals surface area contributed by atoms with Crippen LogP contribution in [-0.4, -0.2) is 13.9 Å². The van der Waals surface area contributed by atoms with Crippen molar-refractivity contribution < 1.29 is 14.2 Å². The number of methoxy groups -OCH3 is 1. The predicted molar refractivity (Wildman–Crippen MR) is 102 cm³/mol. The molecule has 1 atom stereocenters. The molecule has 3 heteroatoms. The van der Waals surface area contributed by atoms with E-state index < -0.39 is 0 Å². The van der Waals surface area contributed by atoms with Crippen LogP contribution in [0.3, 0.4) is 0 Å². The van der Waals surface area contributed by atoms with E-state index >= 15 is 0 Å². The minimum Gasteiger partial charge on any atom is -0.493 e. The first kappa shape index (κ1) is 17.2. The van der Waals surface area contributed by atoms with Gasteiger partial charge in [-0.3, -0.25) is 0 Å². The lowest BCUT2D eigenvalue weighted by atomic mass is 9.99. The molecule has 0 aliphatic heterocycles. The largest absolute Gasteiger partial charge is 0.493 e. The van der Waals surface area contributed by atoms with Crippen LogP contribution in [0.2, 0.25) is 0 Å². The van der Waals surface area contributed by atoms with Gasteiger partial charge in [0.25, 0.3) is 0 Å². The second kappa shape index (κ2) is 7.93. The van der Waals surface area contributed by atoms with Gasteiger partial charge in [0.2, 0.25) is 6.79 Å². The Bertz CT molecular complexity index is 824. The van der Waals surface area contributed by atoms with Gasteiger partial charge in [0, 0.05) is 0 Å². The van der Waals surface area contributed by atoms with Crippen LogP contribution >= 0.6 is 0 Å². The molecule has 0 saturated carbocycles. The van der Waals surface area contributed by atoms with Gasteiger partial charge in [-0.25, -0.2) is 0 Å². The maximum atomic E-state index is 5.79. The van der Waals surface area contributed by atoms with E-state index in [9.17, 15) is 0 Å². The molecule has 0 fully saturated rings. The summed E-state index contributed by atoms with van der Waals surface area (Å²) in [6, 6.07) is 20.3. The number of fused-ring (bicyclic) bond motifs is 1.